The minimum absolute atomic E-state index is 0.231. The lowest BCUT2D eigenvalue weighted by Gasteiger charge is -2.29. The predicted octanol–water partition coefficient (Wildman–Crippen LogP) is 0.735. The van der Waals surface area contributed by atoms with Gasteiger partial charge in [-0.05, 0) is 20.8 Å². The Morgan fingerprint density at radius 1 is 1.53 bits per heavy atom. The Balaban J connectivity index is 2.77. The molecule has 0 saturated carbocycles. The Kier molecular flexibility index (Phi) is 4.53. The zero-order valence-corrected chi connectivity index (χ0v) is 9.87. The molecular formula is C9H16N2O6. The second kappa shape index (κ2) is 5.69. The molecule has 0 aromatic heterocycles. The Labute approximate surface area is 98.3 Å². The third-order valence-corrected chi connectivity index (χ3v) is 2.41. The van der Waals surface area contributed by atoms with E-state index in [1.807, 2.05) is 0 Å². The summed E-state index contributed by atoms with van der Waals surface area (Å²) in [5.41, 5.74) is 2.43. The average Bonchev–Trinajstić information content (AvgIpc) is 2.26. The van der Waals surface area contributed by atoms with E-state index >= 15 is 0 Å². The van der Waals surface area contributed by atoms with Crippen LogP contribution in [0, 0.1) is 0 Å². The number of carbonyl (C=O) groups excluding carboxylic acids is 1. The van der Waals surface area contributed by atoms with Crippen LogP contribution in [0.2, 0.25) is 0 Å². The van der Waals surface area contributed by atoms with Crippen molar-refractivity contribution in [1.29, 1.82) is 0 Å². The molecular weight excluding hydrogens is 232 g/mol. The van der Waals surface area contributed by atoms with Gasteiger partial charge in [-0.3, -0.25) is 0 Å². The number of carbonyl (C=O) groups is 2. The Hall–Kier alpha value is -1.54. The van der Waals surface area contributed by atoms with Crippen LogP contribution >= 0.6 is 0 Å². The molecule has 8 nitrogen and oxygen atoms in total. The molecule has 2 N–H and O–H groups in total. The molecule has 0 aromatic carbocycles. The molecule has 0 radical (unpaired) electrons. The number of ether oxygens (including phenoxy) is 1. The van der Waals surface area contributed by atoms with E-state index in [-0.39, 0.29) is 12.6 Å². The molecule has 3 unspecified atom stereocenters. The SMILES string of the molecule is CC1CN(OC(=O)O)C(C)C(C)OC(=O)ON1. The maximum Gasteiger partial charge on any atom is 0.528 e. The fraction of sp³-hybridized carbons (Fsp3) is 0.778. The fourth-order valence-electron chi connectivity index (χ4n) is 1.35. The van der Waals surface area contributed by atoms with Crippen LogP contribution in [0.5, 0.6) is 0 Å². The van der Waals surface area contributed by atoms with Gasteiger partial charge in [0.25, 0.3) is 0 Å². The summed E-state index contributed by atoms with van der Waals surface area (Å²) in [4.78, 5) is 30.9. The Bertz CT molecular complexity index is 297. The van der Waals surface area contributed by atoms with Crippen molar-refractivity contribution in [2.75, 3.05) is 6.54 Å². The van der Waals surface area contributed by atoms with E-state index in [1.54, 1.807) is 20.8 Å². The van der Waals surface area contributed by atoms with Crippen molar-refractivity contribution in [1.82, 2.24) is 10.5 Å². The van der Waals surface area contributed by atoms with E-state index in [4.69, 9.17) is 9.84 Å². The van der Waals surface area contributed by atoms with Crippen LogP contribution in [-0.2, 0) is 14.4 Å². The summed E-state index contributed by atoms with van der Waals surface area (Å²) in [5, 5.41) is 9.85. The summed E-state index contributed by atoms with van der Waals surface area (Å²) in [6.45, 7) is 5.27. The van der Waals surface area contributed by atoms with Gasteiger partial charge in [-0.15, -0.1) is 10.5 Å². The van der Waals surface area contributed by atoms with Gasteiger partial charge < -0.3 is 19.5 Å². The molecule has 0 amide bonds. The van der Waals surface area contributed by atoms with Crippen LogP contribution in [-0.4, -0.2) is 47.2 Å². The molecule has 1 saturated heterocycles. The summed E-state index contributed by atoms with van der Waals surface area (Å²) in [7, 11) is 0. The van der Waals surface area contributed by atoms with Crippen molar-refractivity contribution in [2.45, 2.75) is 39.0 Å². The number of hydrogen-bond donors (Lipinski definition) is 2. The van der Waals surface area contributed by atoms with Crippen molar-refractivity contribution in [3.05, 3.63) is 0 Å². The molecule has 1 fully saturated rings. The van der Waals surface area contributed by atoms with Crippen LogP contribution in [0.1, 0.15) is 20.8 Å². The van der Waals surface area contributed by atoms with E-state index in [0.29, 0.717) is 0 Å². The highest BCUT2D eigenvalue weighted by atomic mass is 16.8. The molecule has 1 heterocycles. The van der Waals surface area contributed by atoms with E-state index in [0.717, 1.165) is 0 Å². The molecule has 1 aliphatic heterocycles. The highest BCUT2D eigenvalue weighted by Gasteiger charge is 2.30. The molecule has 0 aromatic rings. The highest BCUT2D eigenvalue weighted by Crippen LogP contribution is 2.12. The van der Waals surface area contributed by atoms with Crippen molar-refractivity contribution in [2.24, 2.45) is 0 Å². The van der Waals surface area contributed by atoms with Gasteiger partial charge in [0.2, 0.25) is 0 Å². The van der Waals surface area contributed by atoms with Gasteiger partial charge in [0, 0.05) is 0 Å². The van der Waals surface area contributed by atoms with Crippen LogP contribution in [0.15, 0.2) is 0 Å². The van der Waals surface area contributed by atoms with E-state index in [9.17, 15) is 9.59 Å². The number of nitrogens with one attached hydrogen (secondary N) is 1. The van der Waals surface area contributed by atoms with Gasteiger partial charge in [0.05, 0.1) is 18.6 Å². The Morgan fingerprint density at radius 2 is 2.18 bits per heavy atom. The maximum atomic E-state index is 11.1. The molecule has 98 valence electrons. The quantitative estimate of drug-likeness (QED) is 0.655. The minimum Gasteiger partial charge on any atom is -0.448 e. The van der Waals surface area contributed by atoms with Crippen LogP contribution in [0.25, 0.3) is 0 Å². The first-order valence-corrected chi connectivity index (χ1v) is 5.20. The molecule has 0 aliphatic carbocycles. The predicted molar refractivity (Wildman–Crippen MR) is 54.9 cm³/mol. The number of nitrogens with zero attached hydrogens (tertiary/aromatic N) is 1. The summed E-state index contributed by atoms with van der Waals surface area (Å²) in [6, 6.07) is -0.712. The lowest BCUT2D eigenvalue weighted by atomic mass is 10.2. The van der Waals surface area contributed by atoms with Crippen LogP contribution < -0.4 is 5.48 Å². The largest absolute Gasteiger partial charge is 0.528 e. The van der Waals surface area contributed by atoms with Gasteiger partial charge >= 0.3 is 12.3 Å². The number of hydroxylamine groups is 3. The molecule has 17 heavy (non-hydrogen) atoms. The lowest BCUT2D eigenvalue weighted by molar-refractivity contribution is -0.164. The highest BCUT2D eigenvalue weighted by molar-refractivity contribution is 5.59. The van der Waals surface area contributed by atoms with Crippen molar-refractivity contribution in [3.63, 3.8) is 0 Å². The van der Waals surface area contributed by atoms with E-state index in [2.05, 4.69) is 15.2 Å². The summed E-state index contributed by atoms with van der Waals surface area (Å²) in [5.74, 6) is 0. The smallest absolute Gasteiger partial charge is 0.448 e. The number of carboxylic acid groups (broad SMARTS) is 1. The maximum absolute atomic E-state index is 11.1. The monoisotopic (exact) mass is 248 g/mol. The first kappa shape index (κ1) is 13.5. The van der Waals surface area contributed by atoms with Crippen LogP contribution in [0.3, 0.4) is 0 Å². The second-order valence-corrected chi connectivity index (χ2v) is 3.89. The molecule has 0 bridgehead atoms. The summed E-state index contributed by atoms with van der Waals surface area (Å²) in [6.07, 6.45) is -2.83. The number of rotatable bonds is 1. The van der Waals surface area contributed by atoms with Crippen molar-refractivity contribution in [3.8, 4) is 0 Å². The van der Waals surface area contributed by atoms with Gasteiger partial charge in [-0.2, -0.15) is 0 Å². The summed E-state index contributed by atoms with van der Waals surface area (Å²) < 4.78 is 4.91. The molecule has 1 rings (SSSR count). The van der Waals surface area contributed by atoms with Crippen molar-refractivity contribution >= 4 is 12.3 Å². The topological polar surface area (TPSA) is 97.3 Å². The lowest BCUT2D eigenvalue weighted by Crippen LogP contribution is -2.46. The fourth-order valence-corrected chi connectivity index (χ4v) is 1.35. The number of hydrogen-bond acceptors (Lipinski definition) is 7. The van der Waals surface area contributed by atoms with E-state index < -0.39 is 24.5 Å². The van der Waals surface area contributed by atoms with Gasteiger partial charge in [0.15, 0.2) is 0 Å². The number of cyclic esters (lactones) is 1. The standard InChI is InChI=1S/C9H16N2O6/c1-5-4-11(17-8(12)13)6(2)7(3)15-9(14)16-10-5/h5-7,10H,4H2,1-3H3,(H,12,13). The second-order valence-electron chi connectivity index (χ2n) is 3.89. The first-order valence-electron chi connectivity index (χ1n) is 5.20. The summed E-state index contributed by atoms with van der Waals surface area (Å²) >= 11 is 0. The zero-order chi connectivity index (χ0) is 13.0. The van der Waals surface area contributed by atoms with E-state index in [1.165, 1.54) is 5.06 Å². The molecule has 1 aliphatic rings. The van der Waals surface area contributed by atoms with Gasteiger partial charge in [0.1, 0.15) is 6.10 Å². The zero-order valence-electron chi connectivity index (χ0n) is 9.87. The Morgan fingerprint density at radius 3 is 2.76 bits per heavy atom. The first-order chi connectivity index (χ1) is 7.90. The third-order valence-electron chi connectivity index (χ3n) is 2.41. The molecule has 8 heteroatoms. The molecule has 0 spiro atoms. The third kappa shape index (κ3) is 4.08. The molecule has 3 atom stereocenters. The van der Waals surface area contributed by atoms with Crippen molar-refractivity contribution < 1.29 is 29.1 Å². The van der Waals surface area contributed by atoms with Crippen LogP contribution in [0.4, 0.5) is 9.59 Å². The normalized spacial score (nSPS) is 31.5. The average molecular weight is 248 g/mol. The van der Waals surface area contributed by atoms with Gasteiger partial charge in [-0.1, -0.05) is 0 Å². The minimum atomic E-state index is -1.41. The van der Waals surface area contributed by atoms with Gasteiger partial charge in [-0.25, -0.2) is 9.59 Å².